The van der Waals surface area contributed by atoms with Crippen LogP contribution in [0, 0.1) is 12.3 Å². The molecule has 0 spiro atoms. The Balaban J connectivity index is 2.70. The summed E-state index contributed by atoms with van der Waals surface area (Å²) in [6, 6.07) is 5.56. The Morgan fingerprint density at radius 3 is 3.08 bits per heavy atom. The first-order chi connectivity index (χ1) is 5.83. The average Bonchev–Trinajstić information content (AvgIpc) is 2.48. The lowest BCUT2D eigenvalue weighted by Gasteiger charge is -1.97. The predicted molar refractivity (Wildman–Crippen MR) is 45.5 cm³/mol. The van der Waals surface area contributed by atoms with Gasteiger partial charge in [0.1, 0.15) is 0 Å². The van der Waals surface area contributed by atoms with Gasteiger partial charge in [-0.3, -0.25) is 4.79 Å². The van der Waals surface area contributed by atoms with Crippen molar-refractivity contribution in [2.45, 2.75) is 6.54 Å². The Hall–Kier alpha value is -1.75. The highest BCUT2D eigenvalue weighted by Crippen LogP contribution is 2.18. The normalized spacial score (nSPS) is 13.4. The van der Waals surface area contributed by atoms with E-state index in [1.165, 1.54) is 0 Å². The summed E-state index contributed by atoms with van der Waals surface area (Å²) in [5.74, 6) is 2.44. The van der Waals surface area contributed by atoms with Crippen LogP contribution in [0.4, 0.5) is 0 Å². The van der Waals surface area contributed by atoms with Gasteiger partial charge in [0.25, 0.3) is 5.91 Å². The molecule has 1 aliphatic heterocycles. The Kier molecular flexibility index (Phi) is 1.38. The zero-order valence-electron chi connectivity index (χ0n) is 6.42. The minimum atomic E-state index is -0.0569. The number of amides is 1. The zero-order valence-corrected chi connectivity index (χ0v) is 6.42. The maximum atomic E-state index is 11.2. The summed E-state index contributed by atoms with van der Waals surface area (Å²) >= 11 is 0. The molecule has 0 fully saturated rings. The lowest BCUT2D eigenvalue weighted by molar-refractivity contribution is 0.0965. The van der Waals surface area contributed by atoms with E-state index >= 15 is 0 Å². The van der Waals surface area contributed by atoms with Crippen molar-refractivity contribution >= 4 is 5.91 Å². The highest BCUT2D eigenvalue weighted by atomic mass is 16.1. The predicted octanol–water partition coefficient (Wildman–Crippen LogP) is 0.911. The van der Waals surface area contributed by atoms with Crippen molar-refractivity contribution < 1.29 is 4.79 Å². The smallest absolute Gasteiger partial charge is 0.253 e. The fourth-order valence-electron chi connectivity index (χ4n) is 1.40. The van der Waals surface area contributed by atoms with Gasteiger partial charge in [0.15, 0.2) is 0 Å². The van der Waals surface area contributed by atoms with Crippen molar-refractivity contribution in [3.8, 4) is 12.3 Å². The largest absolute Gasteiger partial charge is 0.348 e. The quantitative estimate of drug-likeness (QED) is 0.557. The summed E-state index contributed by atoms with van der Waals surface area (Å²) in [6.07, 6.45) is 5.26. The van der Waals surface area contributed by atoms with Crippen LogP contribution < -0.4 is 5.32 Å². The lowest BCUT2D eigenvalue weighted by Crippen LogP contribution is -2.13. The standard InChI is InChI=1S/C10H7NO/c1-2-7-4-3-5-8-6-11-10(12)9(7)8/h1,3-5H,6H2,(H,11,12). The zero-order chi connectivity index (χ0) is 8.55. The van der Waals surface area contributed by atoms with Crippen LogP contribution in [0.25, 0.3) is 0 Å². The van der Waals surface area contributed by atoms with E-state index < -0.39 is 0 Å². The first-order valence-electron chi connectivity index (χ1n) is 3.69. The molecule has 0 radical (unpaired) electrons. The highest BCUT2D eigenvalue weighted by molar-refractivity contribution is 6.00. The maximum absolute atomic E-state index is 11.2. The summed E-state index contributed by atoms with van der Waals surface area (Å²) in [7, 11) is 0. The van der Waals surface area contributed by atoms with Crippen LogP contribution in [0.5, 0.6) is 0 Å². The van der Waals surface area contributed by atoms with Crippen LogP contribution in [0.1, 0.15) is 21.5 Å². The SMILES string of the molecule is C#Cc1cccc2c1C(=O)NC2. The summed E-state index contributed by atoms with van der Waals surface area (Å²) in [6.45, 7) is 0.601. The molecule has 58 valence electrons. The minimum Gasteiger partial charge on any atom is -0.348 e. The molecule has 1 aliphatic rings. The number of terminal acetylenes is 1. The van der Waals surface area contributed by atoms with Crippen molar-refractivity contribution in [1.29, 1.82) is 0 Å². The highest BCUT2D eigenvalue weighted by Gasteiger charge is 2.20. The molecule has 0 atom stereocenters. The van der Waals surface area contributed by atoms with Gasteiger partial charge < -0.3 is 5.32 Å². The molecule has 1 N–H and O–H groups in total. The molecule has 0 saturated heterocycles. The number of carbonyl (C=O) groups excluding carboxylic acids is 1. The number of fused-ring (bicyclic) bond motifs is 1. The molecule has 0 bridgehead atoms. The molecule has 1 aromatic carbocycles. The third-order valence-electron chi connectivity index (χ3n) is 1.97. The number of carbonyl (C=O) groups is 1. The molecule has 2 rings (SSSR count). The van der Waals surface area contributed by atoms with Gasteiger partial charge in [-0.2, -0.15) is 0 Å². The Bertz CT molecular complexity index is 387. The van der Waals surface area contributed by atoms with Gasteiger partial charge >= 0.3 is 0 Å². The van der Waals surface area contributed by atoms with E-state index in [-0.39, 0.29) is 5.91 Å². The van der Waals surface area contributed by atoms with Crippen molar-refractivity contribution in [2.75, 3.05) is 0 Å². The van der Waals surface area contributed by atoms with Gasteiger partial charge in [-0.05, 0) is 11.6 Å². The molecule has 1 aromatic rings. The summed E-state index contributed by atoms with van der Waals surface area (Å²) in [5, 5.41) is 2.73. The molecule has 0 aliphatic carbocycles. The maximum Gasteiger partial charge on any atom is 0.253 e. The van der Waals surface area contributed by atoms with Crippen LogP contribution >= 0.6 is 0 Å². The van der Waals surface area contributed by atoms with Gasteiger partial charge in [-0.15, -0.1) is 6.42 Å². The van der Waals surface area contributed by atoms with Gasteiger partial charge in [0.05, 0.1) is 5.56 Å². The van der Waals surface area contributed by atoms with Crippen molar-refractivity contribution in [3.05, 3.63) is 34.9 Å². The number of rotatable bonds is 0. The second kappa shape index (κ2) is 2.38. The second-order valence-corrected chi connectivity index (χ2v) is 2.67. The van der Waals surface area contributed by atoms with Crippen LogP contribution in [-0.2, 0) is 6.54 Å². The second-order valence-electron chi connectivity index (χ2n) is 2.67. The van der Waals surface area contributed by atoms with Gasteiger partial charge in [0, 0.05) is 12.1 Å². The molecule has 2 heteroatoms. The molecule has 2 nitrogen and oxygen atoms in total. The van der Waals surface area contributed by atoms with E-state index in [2.05, 4.69) is 11.2 Å². The Morgan fingerprint density at radius 2 is 2.33 bits per heavy atom. The average molecular weight is 157 g/mol. The number of hydrogen-bond acceptors (Lipinski definition) is 1. The summed E-state index contributed by atoms with van der Waals surface area (Å²) in [4.78, 5) is 11.2. The summed E-state index contributed by atoms with van der Waals surface area (Å²) in [5.41, 5.74) is 2.35. The monoisotopic (exact) mass is 157 g/mol. The number of hydrogen-bond donors (Lipinski definition) is 1. The fraction of sp³-hybridized carbons (Fsp3) is 0.100. The van der Waals surface area contributed by atoms with E-state index in [1.807, 2.05) is 12.1 Å². The van der Waals surface area contributed by atoms with Crippen LogP contribution in [-0.4, -0.2) is 5.91 Å². The van der Waals surface area contributed by atoms with Gasteiger partial charge in [-0.25, -0.2) is 0 Å². The van der Waals surface area contributed by atoms with Crippen LogP contribution in [0.15, 0.2) is 18.2 Å². The molecule has 0 unspecified atom stereocenters. The van der Waals surface area contributed by atoms with Gasteiger partial charge in [-0.1, -0.05) is 18.1 Å². The van der Waals surface area contributed by atoms with E-state index in [1.54, 1.807) is 6.07 Å². The fourth-order valence-corrected chi connectivity index (χ4v) is 1.40. The minimum absolute atomic E-state index is 0.0569. The van der Waals surface area contributed by atoms with Crippen LogP contribution in [0.2, 0.25) is 0 Å². The van der Waals surface area contributed by atoms with Gasteiger partial charge in [0.2, 0.25) is 0 Å². The topological polar surface area (TPSA) is 29.1 Å². The van der Waals surface area contributed by atoms with Crippen molar-refractivity contribution in [3.63, 3.8) is 0 Å². The van der Waals surface area contributed by atoms with Crippen LogP contribution in [0.3, 0.4) is 0 Å². The third kappa shape index (κ3) is 0.802. The van der Waals surface area contributed by atoms with E-state index in [0.717, 1.165) is 5.56 Å². The molecule has 1 heterocycles. The number of nitrogens with one attached hydrogen (secondary N) is 1. The first kappa shape index (κ1) is 6.93. The molecular formula is C10H7NO. The number of benzene rings is 1. The molecule has 12 heavy (non-hydrogen) atoms. The first-order valence-corrected chi connectivity index (χ1v) is 3.69. The molecular weight excluding hydrogens is 150 g/mol. The molecule has 0 aromatic heterocycles. The van der Waals surface area contributed by atoms with Crippen molar-refractivity contribution in [1.82, 2.24) is 5.32 Å². The Labute approximate surface area is 70.6 Å². The molecule has 1 amide bonds. The van der Waals surface area contributed by atoms with Crippen molar-refractivity contribution in [2.24, 2.45) is 0 Å². The lowest BCUT2D eigenvalue weighted by atomic mass is 10.0. The summed E-state index contributed by atoms with van der Waals surface area (Å²) < 4.78 is 0. The third-order valence-corrected chi connectivity index (χ3v) is 1.97. The molecule has 0 saturated carbocycles. The van der Waals surface area contributed by atoms with E-state index in [4.69, 9.17) is 6.42 Å². The van der Waals surface area contributed by atoms with E-state index in [0.29, 0.717) is 17.7 Å². The van der Waals surface area contributed by atoms with E-state index in [9.17, 15) is 4.79 Å². The Morgan fingerprint density at radius 1 is 1.50 bits per heavy atom.